The molecule has 0 bridgehead atoms. The fourth-order valence-electron chi connectivity index (χ4n) is 2.44. The first-order valence-corrected chi connectivity index (χ1v) is 6.83. The molecule has 0 aliphatic carbocycles. The van der Waals surface area contributed by atoms with Gasteiger partial charge in [-0.15, -0.1) is 0 Å². The van der Waals surface area contributed by atoms with E-state index in [4.69, 9.17) is 16.6 Å². The Morgan fingerprint density at radius 3 is 2.68 bits per heavy atom. The number of likely N-dealkylation sites (N-methyl/N-ethyl adjacent to an activating group) is 1. The Labute approximate surface area is 119 Å². The van der Waals surface area contributed by atoms with Crippen molar-refractivity contribution in [3.8, 4) is 0 Å². The zero-order valence-corrected chi connectivity index (χ0v) is 12.7. The number of nitrogens with zero attached hydrogens (tertiary/aromatic N) is 2. The molecule has 1 N–H and O–H groups in total. The molecule has 1 aromatic heterocycles. The Kier molecular flexibility index (Phi) is 4.27. The van der Waals surface area contributed by atoms with Gasteiger partial charge >= 0.3 is 0 Å². The van der Waals surface area contributed by atoms with Gasteiger partial charge in [-0.25, -0.2) is 0 Å². The maximum Gasteiger partial charge on any atom is 0.0727 e. The molecule has 4 heteroatoms. The van der Waals surface area contributed by atoms with Crippen molar-refractivity contribution in [2.24, 2.45) is 0 Å². The highest BCUT2D eigenvalue weighted by molar-refractivity contribution is 6.31. The summed E-state index contributed by atoms with van der Waals surface area (Å²) in [5, 5.41) is 5.07. The number of rotatable bonds is 4. The van der Waals surface area contributed by atoms with Crippen molar-refractivity contribution in [1.29, 1.82) is 0 Å². The van der Waals surface area contributed by atoms with Gasteiger partial charge in [0.05, 0.1) is 11.2 Å². The quantitative estimate of drug-likeness (QED) is 0.931. The first-order chi connectivity index (χ1) is 9.04. The van der Waals surface area contributed by atoms with Crippen molar-refractivity contribution >= 4 is 28.2 Å². The molecule has 1 aromatic carbocycles. The number of halogens is 1. The molecule has 0 aliphatic heterocycles. The first-order valence-electron chi connectivity index (χ1n) is 6.45. The van der Waals surface area contributed by atoms with Crippen LogP contribution in [-0.4, -0.2) is 32.7 Å². The van der Waals surface area contributed by atoms with E-state index in [0.717, 1.165) is 34.6 Å². The number of benzene rings is 1. The third kappa shape index (κ3) is 2.82. The highest BCUT2D eigenvalue weighted by Crippen LogP contribution is 2.32. The summed E-state index contributed by atoms with van der Waals surface area (Å²) in [6.45, 7) is 3.02. The van der Waals surface area contributed by atoms with Crippen molar-refractivity contribution in [2.45, 2.75) is 13.3 Å². The summed E-state index contributed by atoms with van der Waals surface area (Å²) in [5.74, 6) is 0. The van der Waals surface area contributed by atoms with E-state index in [1.54, 1.807) is 0 Å². The Bertz CT molecular complexity index is 593. The Balaban J connectivity index is 2.71. The lowest BCUT2D eigenvalue weighted by atomic mass is 10.0. The summed E-state index contributed by atoms with van der Waals surface area (Å²) in [5.41, 5.74) is 4.60. The van der Waals surface area contributed by atoms with Gasteiger partial charge in [-0.05, 0) is 50.7 Å². The first kappa shape index (κ1) is 14.1. The monoisotopic (exact) mass is 277 g/mol. The standard InChI is InChI=1S/C15H20ClN3/c1-10-12(7-8-17-2)15(19(3)4)13-9-11(16)5-6-14(13)18-10/h5-6,9,17H,7-8H2,1-4H3. The zero-order chi connectivity index (χ0) is 14.0. The van der Waals surface area contributed by atoms with Crippen molar-refractivity contribution in [3.63, 3.8) is 0 Å². The Hall–Kier alpha value is -1.32. The van der Waals surface area contributed by atoms with Gasteiger partial charge in [0.15, 0.2) is 0 Å². The molecule has 0 spiro atoms. The molecule has 0 radical (unpaired) electrons. The van der Waals surface area contributed by atoms with Gasteiger partial charge in [-0.1, -0.05) is 11.6 Å². The molecule has 0 amide bonds. The van der Waals surface area contributed by atoms with Crippen molar-refractivity contribution in [2.75, 3.05) is 32.6 Å². The van der Waals surface area contributed by atoms with Crippen LogP contribution in [0.15, 0.2) is 18.2 Å². The molecule has 0 aliphatic rings. The van der Waals surface area contributed by atoms with Crippen molar-refractivity contribution in [3.05, 3.63) is 34.5 Å². The molecule has 0 atom stereocenters. The molecule has 0 unspecified atom stereocenters. The van der Waals surface area contributed by atoms with E-state index in [2.05, 4.69) is 31.2 Å². The average Bonchev–Trinajstić information content (AvgIpc) is 2.36. The summed E-state index contributed by atoms with van der Waals surface area (Å²) in [6, 6.07) is 5.88. The van der Waals surface area contributed by atoms with Crippen LogP contribution in [0.5, 0.6) is 0 Å². The minimum absolute atomic E-state index is 0.751. The Morgan fingerprint density at radius 2 is 2.05 bits per heavy atom. The molecule has 102 valence electrons. The van der Waals surface area contributed by atoms with Crippen LogP contribution < -0.4 is 10.2 Å². The summed E-state index contributed by atoms with van der Waals surface area (Å²) in [6.07, 6.45) is 0.964. The van der Waals surface area contributed by atoms with Crippen LogP contribution >= 0.6 is 11.6 Å². The maximum atomic E-state index is 6.13. The van der Waals surface area contributed by atoms with Crippen LogP contribution in [0, 0.1) is 6.92 Å². The summed E-state index contributed by atoms with van der Waals surface area (Å²) >= 11 is 6.13. The largest absolute Gasteiger partial charge is 0.377 e. The lowest BCUT2D eigenvalue weighted by molar-refractivity contribution is 0.784. The lowest BCUT2D eigenvalue weighted by Gasteiger charge is -2.22. The van der Waals surface area contributed by atoms with Crippen molar-refractivity contribution in [1.82, 2.24) is 10.3 Å². The van der Waals surface area contributed by atoms with E-state index >= 15 is 0 Å². The molecular formula is C15H20ClN3. The molecule has 3 nitrogen and oxygen atoms in total. The second-order valence-corrected chi connectivity index (χ2v) is 5.37. The van der Waals surface area contributed by atoms with Gasteiger partial charge in [-0.2, -0.15) is 0 Å². The minimum atomic E-state index is 0.751. The molecule has 19 heavy (non-hydrogen) atoms. The number of hydrogen-bond acceptors (Lipinski definition) is 3. The highest BCUT2D eigenvalue weighted by atomic mass is 35.5. The van der Waals surface area contributed by atoms with Gasteiger partial charge in [0, 0.05) is 30.2 Å². The van der Waals surface area contributed by atoms with Crippen LogP contribution in [0.4, 0.5) is 5.69 Å². The number of fused-ring (bicyclic) bond motifs is 1. The van der Waals surface area contributed by atoms with Crippen LogP contribution in [0.25, 0.3) is 10.9 Å². The number of pyridine rings is 1. The van der Waals surface area contributed by atoms with Crippen molar-refractivity contribution < 1.29 is 0 Å². The molecule has 1 heterocycles. The number of aryl methyl sites for hydroxylation is 1. The lowest BCUT2D eigenvalue weighted by Crippen LogP contribution is -2.17. The fraction of sp³-hybridized carbons (Fsp3) is 0.400. The topological polar surface area (TPSA) is 28.2 Å². The third-order valence-corrected chi connectivity index (χ3v) is 3.53. The van der Waals surface area contributed by atoms with E-state index in [-0.39, 0.29) is 0 Å². The van der Waals surface area contributed by atoms with Crippen LogP contribution in [0.2, 0.25) is 5.02 Å². The maximum absolute atomic E-state index is 6.13. The van der Waals surface area contributed by atoms with E-state index in [9.17, 15) is 0 Å². The number of aromatic nitrogens is 1. The Morgan fingerprint density at radius 1 is 1.32 bits per heavy atom. The van der Waals surface area contributed by atoms with E-state index in [0.29, 0.717) is 0 Å². The van der Waals surface area contributed by atoms with Gasteiger partial charge < -0.3 is 10.2 Å². The van der Waals surface area contributed by atoms with Gasteiger partial charge in [0.1, 0.15) is 0 Å². The second-order valence-electron chi connectivity index (χ2n) is 4.93. The van der Waals surface area contributed by atoms with Crippen LogP contribution in [0.1, 0.15) is 11.3 Å². The van der Waals surface area contributed by atoms with Crippen LogP contribution in [0.3, 0.4) is 0 Å². The number of hydrogen-bond donors (Lipinski definition) is 1. The van der Waals surface area contributed by atoms with Gasteiger partial charge in [0.2, 0.25) is 0 Å². The smallest absolute Gasteiger partial charge is 0.0727 e. The molecule has 2 aromatic rings. The van der Waals surface area contributed by atoms with Gasteiger partial charge in [0.25, 0.3) is 0 Å². The SMILES string of the molecule is CNCCc1c(C)nc2ccc(Cl)cc2c1N(C)C. The van der Waals surface area contributed by atoms with Gasteiger partial charge in [-0.3, -0.25) is 4.98 Å². The molecule has 0 saturated heterocycles. The van der Waals surface area contributed by atoms with E-state index < -0.39 is 0 Å². The average molecular weight is 278 g/mol. The molecular weight excluding hydrogens is 258 g/mol. The van der Waals surface area contributed by atoms with E-state index in [1.807, 2.05) is 25.2 Å². The highest BCUT2D eigenvalue weighted by Gasteiger charge is 2.14. The predicted octanol–water partition coefficient (Wildman–Crippen LogP) is 3.02. The molecule has 0 saturated carbocycles. The summed E-state index contributed by atoms with van der Waals surface area (Å²) in [7, 11) is 6.10. The number of anilines is 1. The summed E-state index contributed by atoms with van der Waals surface area (Å²) in [4.78, 5) is 6.85. The number of nitrogens with one attached hydrogen (secondary N) is 1. The normalized spacial score (nSPS) is 11.0. The van der Waals surface area contributed by atoms with E-state index in [1.165, 1.54) is 11.3 Å². The molecule has 2 rings (SSSR count). The molecule has 0 fully saturated rings. The third-order valence-electron chi connectivity index (χ3n) is 3.30. The minimum Gasteiger partial charge on any atom is -0.377 e. The fourth-order valence-corrected chi connectivity index (χ4v) is 2.61. The predicted molar refractivity (Wildman–Crippen MR) is 83.4 cm³/mol. The summed E-state index contributed by atoms with van der Waals surface area (Å²) < 4.78 is 0. The zero-order valence-electron chi connectivity index (χ0n) is 11.9. The second kappa shape index (κ2) is 5.76. The van der Waals surface area contributed by atoms with Crippen LogP contribution in [-0.2, 0) is 6.42 Å².